The maximum absolute atomic E-state index is 11.2. The lowest BCUT2D eigenvalue weighted by molar-refractivity contribution is 0.0691. The third-order valence-corrected chi connectivity index (χ3v) is 2.10. The molecule has 0 bridgehead atoms. The third kappa shape index (κ3) is 1.98. The van der Waals surface area contributed by atoms with Crippen LogP contribution in [-0.2, 0) is 0 Å². The lowest BCUT2D eigenvalue weighted by Gasteiger charge is -2.04. The Morgan fingerprint density at radius 3 is 2.71 bits per heavy atom. The molecule has 0 aromatic carbocycles. The Bertz CT molecular complexity index is 591. The number of nitrogens with two attached hydrogens (primary N) is 1. The quantitative estimate of drug-likeness (QED) is 0.777. The monoisotopic (exact) mass is 232 g/mol. The standard InChI is InChI=1S/C10H8N4O3/c11-8(15)6-2-1-3-12-9(6)14-4-7(10(16)17)13-5-14/h1-5H,(H2,11,15)(H,16,17). The predicted molar refractivity (Wildman–Crippen MR) is 56.8 cm³/mol. The molecule has 0 atom stereocenters. The zero-order chi connectivity index (χ0) is 12.4. The summed E-state index contributed by atoms with van der Waals surface area (Å²) in [6.45, 7) is 0. The fourth-order valence-corrected chi connectivity index (χ4v) is 1.34. The van der Waals surface area contributed by atoms with Crippen molar-refractivity contribution in [2.45, 2.75) is 0 Å². The van der Waals surface area contributed by atoms with Crippen LogP contribution in [0.1, 0.15) is 20.8 Å². The molecule has 1 amide bonds. The van der Waals surface area contributed by atoms with E-state index in [1.165, 1.54) is 29.4 Å². The van der Waals surface area contributed by atoms with Crippen molar-refractivity contribution in [3.8, 4) is 5.82 Å². The number of imidazole rings is 1. The van der Waals surface area contributed by atoms with Crippen molar-refractivity contribution in [1.82, 2.24) is 14.5 Å². The molecule has 7 heteroatoms. The fourth-order valence-electron chi connectivity index (χ4n) is 1.34. The highest BCUT2D eigenvalue weighted by Crippen LogP contribution is 2.11. The summed E-state index contributed by atoms with van der Waals surface area (Å²) in [4.78, 5) is 29.5. The number of rotatable bonds is 3. The van der Waals surface area contributed by atoms with Gasteiger partial charge in [-0.3, -0.25) is 9.36 Å². The predicted octanol–water partition coefficient (Wildman–Crippen LogP) is 0.0644. The number of aromatic nitrogens is 3. The van der Waals surface area contributed by atoms with Crippen molar-refractivity contribution >= 4 is 11.9 Å². The highest BCUT2D eigenvalue weighted by molar-refractivity contribution is 5.95. The largest absolute Gasteiger partial charge is 0.476 e. The topological polar surface area (TPSA) is 111 Å². The van der Waals surface area contributed by atoms with Crippen molar-refractivity contribution in [1.29, 1.82) is 0 Å². The summed E-state index contributed by atoms with van der Waals surface area (Å²) in [7, 11) is 0. The molecule has 2 rings (SSSR count). The molecule has 2 aromatic rings. The van der Waals surface area contributed by atoms with Gasteiger partial charge in [-0.15, -0.1) is 0 Å². The zero-order valence-electron chi connectivity index (χ0n) is 8.57. The van der Waals surface area contributed by atoms with Crippen LogP contribution in [0.3, 0.4) is 0 Å². The molecular weight excluding hydrogens is 224 g/mol. The lowest BCUT2D eigenvalue weighted by atomic mass is 10.2. The number of carboxylic acids is 1. The summed E-state index contributed by atoms with van der Waals surface area (Å²) < 4.78 is 1.34. The maximum atomic E-state index is 11.2. The van der Waals surface area contributed by atoms with Crippen LogP contribution in [0, 0.1) is 0 Å². The number of amides is 1. The van der Waals surface area contributed by atoms with Gasteiger partial charge in [0.05, 0.1) is 5.56 Å². The number of nitrogens with zero attached hydrogens (tertiary/aromatic N) is 3. The summed E-state index contributed by atoms with van der Waals surface area (Å²) in [5.41, 5.74) is 5.25. The number of aromatic carboxylic acids is 1. The van der Waals surface area contributed by atoms with Crippen molar-refractivity contribution in [2.24, 2.45) is 5.73 Å². The average molecular weight is 232 g/mol. The molecule has 17 heavy (non-hydrogen) atoms. The molecule has 0 saturated carbocycles. The average Bonchev–Trinajstić information content (AvgIpc) is 2.78. The molecule has 0 aliphatic rings. The van der Waals surface area contributed by atoms with Gasteiger partial charge in [-0.1, -0.05) is 0 Å². The molecular formula is C10H8N4O3. The van der Waals surface area contributed by atoms with E-state index in [0.717, 1.165) is 0 Å². The second-order valence-electron chi connectivity index (χ2n) is 3.21. The highest BCUT2D eigenvalue weighted by atomic mass is 16.4. The van der Waals surface area contributed by atoms with Gasteiger partial charge in [-0.25, -0.2) is 14.8 Å². The van der Waals surface area contributed by atoms with Gasteiger partial charge in [0.2, 0.25) is 0 Å². The molecule has 2 heterocycles. The SMILES string of the molecule is NC(=O)c1cccnc1-n1cnc(C(=O)O)c1. The number of carbonyl (C=O) groups excluding carboxylic acids is 1. The molecule has 2 aromatic heterocycles. The highest BCUT2D eigenvalue weighted by Gasteiger charge is 2.13. The third-order valence-electron chi connectivity index (χ3n) is 2.10. The first kappa shape index (κ1) is 10.8. The van der Waals surface area contributed by atoms with Crippen molar-refractivity contribution in [3.05, 3.63) is 42.1 Å². The summed E-state index contributed by atoms with van der Waals surface area (Å²) in [5.74, 6) is -1.54. The minimum absolute atomic E-state index is 0.133. The van der Waals surface area contributed by atoms with Crippen LogP contribution < -0.4 is 5.73 Å². The van der Waals surface area contributed by atoms with E-state index in [-0.39, 0.29) is 17.1 Å². The maximum Gasteiger partial charge on any atom is 0.356 e. The van der Waals surface area contributed by atoms with Crippen molar-refractivity contribution < 1.29 is 14.7 Å². The Morgan fingerprint density at radius 2 is 2.12 bits per heavy atom. The summed E-state index contributed by atoms with van der Waals surface area (Å²) in [6, 6.07) is 3.07. The van der Waals surface area contributed by atoms with Gasteiger partial charge in [0, 0.05) is 12.4 Å². The van der Waals surface area contributed by atoms with E-state index < -0.39 is 11.9 Å². The van der Waals surface area contributed by atoms with Crippen LogP contribution in [0.2, 0.25) is 0 Å². The Labute approximate surface area is 95.5 Å². The van der Waals surface area contributed by atoms with Gasteiger partial charge in [0.25, 0.3) is 5.91 Å². The Hall–Kier alpha value is -2.70. The van der Waals surface area contributed by atoms with Gasteiger partial charge in [-0.05, 0) is 12.1 Å². The summed E-state index contributed by atoms with van der Waals surface area (Å²) in [6.07, 6.45) is 4.00. The number of carboxylic acid groups (broad SMARTS) is 1. The minimum Gasteiger partial charge on any atom is -0.476 e. The number of pyridine rings is 1. The van der Waals surface area contributed by atoms with Gasteiger partial charge in [0.1, 0.15) is 6.33 Å². The zero-order valence-corrected chi connectivity index (χ0v) is 8.57. The van der Waals surface area contributed by atoms with E-state index in [9.17, 15) is 9.59 Å². The minimum atomic E-state index is -1.15. The van der Waals surface area contributed by atoms with E-state index >= 15 is 0 Å². The van der Waals surface area contributed by atoms with Gasteiger partial charge in [0.15, 0.2) is 11.5 Å². The molecule has 0 radical (unpaired) electrons. The second kappa shape index (κ2) is 4.05. The molecule has 3 N–H and O–H groups in total. The Kier molecular flexibility index (Phi) is 2.57. The van der Waals surface area contributed by atoms with E-state index in [4.69, 9.17) is 10.8 Å². The van der Waals surface area contributed by atoms with Crippen LogP contribution >= 0.6 is 0 Å². The van der Waals surface area contributed by atoms with Crippen molar-refractivity contribution in [3.63, 3.8) is 0 Å². The van der Waals surface area contributed by atoms with E-state index in [0.29, 0.717) is 0 Å². The molecule has 0 fully saturated rings. The van der Waals surface area contributed by atoms with E-state index in [2.05, 4.69) is 9.97 Å². The van der Waals surface area contributed by atoms with E-state index in [1.54, 1.807) is 6.07 Å². The van der Waals surface area contributed by atoms with Crippen LogP contribution in [-0.4, -0.2) is 31.5 Å². The van der Waals surface area contributed by atoms with Crippen LogP contribution in [0.15, 0.2) is 30.9 Å². The number of primary amides is 1. The van der Waals surface area contributed by atoms with Crippen LogP contribution in [0.4, 0.5) is 0 Å². The number of hydrogen-bond donors (Lipinski definition) is 2. The van der Waals surface area contributed by atoms with Crippen molar-refractivity contribution in [2.75, 3.05) is 0 Å². The number of carbonyl (C=O) groups is 2. The molecule has 0 spiro atoms. The van der Waals surface area contributed by atoms with Crippen LogP contribution in [0.25, 0.3) is 5.82 Å². The first-order valence-electron chi connectivity index (χ1n) is 4.62. The molecule has 7 nitrogen and oxygen atoms in total. The summed E-state index contributed by atoms with van der Waals surface area (Å²) in [5, 5.41) is 8.74. The first-order valence-corrected chi connectivity index (χ1v) is 4.62. The molecule has 86 valence electrons. The Balaban J connectivity index is 2.52. The fraction of sp³-hybridized carbons (Fsp3) is 0. The molecule has 0 unspecified atom stereocenters. The molecule has 0 aliphatic heterocycles. The van der Waals surface area contributed by atoms with Gasteiger partial charge in [-0.2, -0.15) is 0 Å². The van der Waals surface area contributed by atoms with Gasteiger partial charge < -0.3 is 10.8 Å². The van der Waals surface area contributed by atoms with Crippen LogP contribution in [0.5, 0.6) is 0 Å². The Morgan fingerprint density at radius 1 is 1.35 bits per heavy atom. The normalized spacial score (nSPS) is 10.1. The smallest absolute Gasteiger partial charge is 0.356 e. The molecule has 0 aliphatic carbocycles. The van der Waals surface area contributed by atoms with Gasteiger partial charge >= 0.3 is 5.97 Å². The van der Waals surface area contributed by atoms with E-state index in [1.807, 2.05) is 0 Å². The first-order chi connectivity index (χ1) is 8.09. The molecule has 0 saturated heterocycles. The second-order valence-corrected chi connectivity index (χ2v) is 3.21. The lowest BCUT2D eigenvalue weighted by Crippen LogP contribution is -2.15. The number of hydrogen-bond acceptors (Lipinski definition) is 4. The summed E-state index contributed by atoms with van der Waals surface area (Å²) >= 11 is 0.